The normalized spacial score (nSPS) is 10.7. The van der Waals surface area contributed by atoms with Gasteiger partial charge in [-0.2, -0.15) is 5.10 Å². The first-order valence-electron chi connectivity index (χ1n) is 6.97. The molecule has 0 bridgehead atoms. The predicted octanol–water partition coefficient (Wildman–Crippen LogP) is 2.75. The number of aryl methyl sites for hydroxylation is 1. The van der Waals surface area contributed by atoms with Crippen LogP contribution in [0.15, 0.2) is 18.2 Å². The van der Waals surface area contributed by atoms with E-state index >= 15 is 0 Å². The Morgan fingerprint density at radius 1 is 1.38 bits per heavy atom. The van der Waals surface area contributed by atoms with Crippen molar-refractivity contribution in [2.45, 2.75) is 33.7 Å². The first-order chi connectivity index (χ1) is 9.97. The van der Waals surface area contributed by atoms with Crippen LogP contribution < -0.4 is 10.5 Å². The van der Waals surface area contributed by atoms with Gasteiger partial charge >= 0.3 is 0 Å². The third kappa shape index (κ3) is 3.08. The van der Waals surface area contributed by atoms with E-state index in [1.54, 1.807) is 7.11 Å². The highest BCUT2D eigenvalue weighted by Gasteiger charge is 2.12. The van der Waals surface area contributed by atoms with Crippen LogP contribution in [0.5, 0.6) is 5.75 Å². The minimum Gasteiger partial charge on any atom is -0.496 e. The summed E-state index contributed by atoms with van der Waals surface area (Å²) in [4.78, 5) is 0.345. The lowest BCUT2D eigenvalue weighted by Gasteiger charge is -2.11. The molecule has 0 aliphatic carbocycles. The van der Waals surface area contributed by atoms with Gasteiger partial charge < -0.3 is 10.5 Å². The van der Waals surface area contributed by atoms with Crippen LogP contribution in [0.4, 0.5) is 0 Å². The molecule has 1 aromatic heterocycles. The molecule has 112 valence electrons. The third-order valence-electron chi connectivity index (χ3n) is 3.75. The first kappa shape index (κ1) is 15.5. The number of hydrogen-bond donors (Lipinski definition) is 1. The SMILES string of the molecule is CCc1c(C)nn(Cc2ccc(C(N)=S)c(OC)c2)c1C. The summed E-state index contributed by atoms with van der Waals surface area (Å²) in [6.07, 6.45) is 1.00. The smallest absolute Gasteiger partial charge is 0.129 e. The van der Waals surface area contributed by atoms with Gasteiger partial charge in [-0.15, -0.1) is 0 Å². The lowest BCUT2D eigenvalue weighted by molar-refractivity contribution is 0.413. The second kappa shape index (κ2) is 6.26. The number of nitrogens with zero attached hydrogens (tertiary/aromatic N) is 2. The summed E-state index contributed by atoms with van der Waals surface area (Å²) in [6.45, 7) is 7.03. The van der Waals surface area contributed by atoms with Crippen molar-refractivity contribution < 1.29 is 4.74 Å². The number of aromatic nitrogens is 2. The zero-order chi connectivity index (χ0) is 15.6. The van der Waals surface area contributed by atoms with Crippen LogP contribution in [0.1, 0.15) is 35.0 Å². The molecule has 2 N–H and O–H groups in total. The molecule has 0 unspecified atom stereocenters. The molecular weight excluding hydrogens is 282 g/mol. The maximum Gasteiger partial charge on any atom is 0.129 e. The maximum atomic E-state index is 5.69. The van der Waals surface area contributed by atoms with E-state index in [0.717, 1.165) is 23.2 Å². The second-order valence-electron chi connectivity index (χ2n) is 5.06. The molecule has 0 fully saturated rings. The van der Waals surface area contributed by atoms with Gasteiger partial charge in [0.2, 0.25) is 0 Å². The summed E-state index contributed by atoms with van der Waals surface area (Å²) in [5.41, 5.74) is 11.2. The Labute approximate surface area is 130 Å². The van der Waals surface area contributed by atoms with E-state index in [1.807, 2.05) is 22.9 Å². The molecule has 0 atom stereocenters. The van der Waals surface area contributed by atoms with Crippen molar-refractivity contribution in [1.82, 2.24) is 9.78 Å². The molecule has 0 aliphatic heterocycles. The quantitative estimate of drug-likeness (QED) is 0.863. The van der Waals surface area contributed by atoms with Crippen LogP contribution in [0.3, 0.4) is 0 Å². The molecule has 2 rings (SSSR count). The Kier molecular flexibility index (Phi) is 4.63. The van der Waals surface area contributed by atoms with Gasteiger partial charge in [-0.05, 0) is 43.5 Å². The lowest BCUT2D eigenvalue weighted by atomic mass is 10.1. The Morgan fingerprint density at radius 3 is 2.62 bits per heavy atom. The molecule has 1 heterocycles. The number of nitrogens with two attached hydrogens (primary N) is 1. The lowest BCUT2D eigenvalue weighted by Crippen LogP contribution is -2.12. The van der Waals surface area contributed by atoms with E-state index in [0.29, 0.717) is 17.3 Å². The van der Waals surface area contributed by atoms with E-state index in [-0.39, 0.29) is 0 Å². The van der Waals surface area contributed by atoms with E-state index < -0.39 is 0 Å². The highest BCUT2D eigenvalue weighted by atomic mass is 32.1. The average Bonchev–Trinajstić information content (AvgIpc) is 2.72. The van der Waals surface area contributed by atoms with Crippen molar-refractivity contribution in [2.24, 2.45) is 5.73 Å². The number of benzene rings is 1. The molecule has 0 spiro atoms. The van der Waals surface area contributed by atoms with Crippen LogP contribution in [-0.2, 0) is 13.0 Å². The average molecular weight is 303 g/mol. The molecule has 4 nitrogen and oxygen atoms in total. The van der Waals surface area contributed by atoms with Crippen molar-refractivity contribution >= 4 is 17.2 Å². The zero-order valence-corrected chi connectivity index (χ0v) is 13.8. The van der Waals surface area contributed by atoms with Crippen molar-refractivity contribution in [3.63, 3.8) is 0 Å². The van der Waals surface area contributed by atoms with Crippen molar-refractivity contribution in [1.29, 1.82) is 0 Å². The molecule has 0 radical (unpaired) electrons. The molecule has 0 saturated heterocycles. The minimum absolute atomic E-state index is 0.345. The second-order valence-corrected chi connectivity index (χ2v) is 5.50. The van der Waals surface area contributed by atoms with Gasteiger partial charge in [-0.25, -0.2) is 0 Å². The Bertz CT molecular complexity index is 676. The summed E-state index contributed by atoms with van der Waals surface area (Å²) in [7, 11) is 1.62. The minimum atomic E-state index is 0.345. The topological polar surface area (TPSA) is 53.1 Å². The van der Waals surface area contributed by atoms with Crippen LogP contribution in [-0.4, -0.2) is 21.9 Å². The van der Waals surface area contributed by atoms with Crippen LogP contribution >= 0.6 is 12.2 Å². The monoisotopic (exact) mass is 303 g/mol. The van der Waals surface area contributed by atoms with Gasteiger partial charge in [-0.3, -0.25) is 4.68 Å². The Hall–Kier alpha value is -1.88. The van der Waals surface area contributed by atoms with Crippen molar-refractivity contribution in [2.75, 3.05) is 7.11 Å². The van der Waals surface area contributed by atoms with Gasteiger partial charge in [-0.1, -0.05) is 25.2 Å². The molecule has 21 heavy (non-hydrogen) atoms. The Balaban J connectivity index is 2.34. The molecule has 0 aliphatic rings. The molecule has 0 amide bonds. The summed E-state index contributed by atoms with van der Waals surface area (Å²) >= 11 is 5.03. The summed E-state index contributed by atoms with van der Waals surface area (Å²) in [5, 5.41) is 4.61. The highest BCUT2D eigenvalue weighted by molar-refractivity contribution is 7.80. The van der Waals surface area contributed by atoms with Crippen LogP contribution in [0.25, 0.3) is 0 Å². The molecule has 5 heteroatoms. The fraction of sp³-hybridized carbons (Fsp3) is 0.375. The van der Waals surface area contributed by atoms with Crippen molar-refractivity contribution in [3.05, 3.63) is 46.3 Å². The van der Waals surface area contributed by atoms with Gasteiger partial charge in [0, 0.05) is 5.69 Å². The Morgan fingerprint density at radius 2 is 2.10 bits per heavy atom. The highest BCUT2D eigenvalue weighted by Crippen LogP contribution is 2.22. The predicted molar refractivity (Wildman–Crippen MR) is 89.1 cm³/mol. The maximum absolute atomic E-state index is 5.69. The van der Waals surface area contributed by atoms with Gasteiger partial charge in [0.1, 0.15) is 10.7 Å². The first-order valence-corrected chi connectivity index (χ1v) is 7.38. The van der Waals surface area contributed by atoms with Gasteiger partial charge in [0.15, 0.2) is 0 Å². The summed E-state index contributed by atoms with van der Waals surface area (Å²) < 4.78 is 7.40. The van der Waals surface area contributed by atoms with Crippen LogP contribution in [0, 0.1) is 13.8 Å². The number of hydrogen-bond acceptors (Lipinski definition) is 3. The molecule has 2 aromatic rings. The van der Waals surface area contributed by atoms with Gasteiger partial charge in [0.25, 0.3) is 0 Å². The number of ether oxygens (including phenoxy) is 1. The number of methoxy groups -OCH3 is 1. The fourth-order valence-electron chi connectivity index (χ4n) is 2.61. The summed E-state index contributed by atoms with van der Waals surface area (Å²) in [6, 6.07) is 5.89. The van der Waals surface area contributed by atoms with E-state index in [1.165, 1.54) is 11.3 Å². The third-order valence-corrected chi connectivity index (χ3v) is 3.97. The molecule has 1 aromatic carbocycles. The molecule has 0 saturated carbocycles. The van der Waals surface area contributed by atoms with Crippen LogP contribution in [0.2, 0.25) is 0 Å². The molecular formula is C16H21N3OS. The van der Waals surface area contributed by atoms with Gasteiger partial charge in [0.05, 0.1) is 24.9 Å². The van der Waals surface area contributed by atoms with E-state index in [4.69, 9.17) is 22.7 Å². The van der Waals surface area contributed by atoms with E-state index in [2.05, 4.69) is 25.9 Å². The summed E-state index contributed by atoms with van der Waals surface area (Å²) in [5.74, 6) is 0.706. The standard InChI is InChI=1S/C16H21N3OS/c1-5-13-10(2)18-19(11(13)3)9-12-6-7-14(16(17)21)15(8-12)20-4/h6-8H,5,9H2,1-4H3,(H2,17,21). The number of rotatable bonds is 5. The van der Waals surface area contributed by atoms with Crippen molar-refractivity contribution in [3.8, 4) is 5.75 Å². The largest absolute Gasteiger partial charge is 0.496 e. The fourth-order valence-corrected chi connectivity index (χ4v) is 2.78. The zero-order valence-electron chi connectivity index (χ0n) is 12.9. The number of thiocarbonyl (C=S) groups is 1. The van der Waals surface area contributed by atoms with E-state index in [9.17, 15) is 0 Å².